The number of ether oxygens (including phenoxy) is 1. The van der Waals surface area contributed by atoms with Gasteiger partial charge >= 0.3 is 0 Å². The Morgan fingerprint density at radius 3 is 2.20 bits per heavy atom. The van der Waals surface area contributed by atoms with Gasteiger partial charge in [0.2, 0.25) is 0 Å². The molecule has 1 saturated heterocycles. The molecular weight excluding hydrogens is 268 g/mol. The first-order valence-electron chi connectivity index (χ1n) is 8.40. The molecule has 1 heterocycles. The van der Waals surface area contributed by atoms with Gasteiger partial charge in [0, 0.05) is 12.1 Å². The molecule has 0 spiro atoms. The van der Waals surface area contributed by atoms with E-state index >= 15 is 0 Å². The summed E-state index contributed by atoms with van der Waals surface area (Å²) in [5, 5.41) is 9.21. The van der Waals surface area contributed by atoms with Crippen LogP contribution in [0.5, 0.6) is 0 Å². The Labute approximate surface area is 125 Å². The number of rotatable bonds is 9. The van der Waals surface area contributed by atoms with Crippen LogP contribution in [0.2, 0.25) is 18.6 Å². The van der Waals surface area contributed by atoms with Crippen molar-refractivity contribution >= 4 is 8.32 Å². The van der Waals surface area contributed by atoms with E-state index in [0.717, 1.165) is 6.42 Å². The summed E-state index contributed by atoms with van der Waals surface area (Å²) in [7, 11) is -2.23. The molecular formula is C16H34O3Si. The van der Waals surface area contributed by atoms with Gasteiger partial charge in [-0.2, -0.15) is 0 Å². The fourth-order valence-electron chi connectivity index (χ4n) is 3.76. The Bertz CT molecular complexity index is 265. The summed E-state index contributed by atoms with van der Waals surface area (Å²) in [6.07, 6.45) is 8.54. The molecule has 0 saturated carbocycles. The lowest BCUT2D eigenvalue weighted by Gasteiger charge is -2.30. The predicted molar refractivity (Wildman–Crippen MR) is 86.4 cm³/mol. The summed E-state index contributed by atoms with van der Waals surface area (Å²) >= 11 is 0. The molecule has 2 N–H and O–H groups in total. The molecule has 0 aliphatic carbocycles. The van der Waals surface area contributed by atoms with Crippen molar-refractivity contribution in [1.29, 1.82) is 0 Å². The first-order chi connectivity index (χ1) is 9.41. The summed E-state index contributed by atoms with van der Waals surface area (Å²) in [6, 6.07) is 0. The molecule has 0 bridgehead atoms. The monoisotopic (exact) mass is 302 g/mol. The minimum atomic E-state index is -2.23. The van der Waals surface area contributed by atoms with Crippen molar-refractivity contribution in [3.05, 3.63) is 0 Å². The van der Waals surface area contributed by atoms with E-state index in [1.165, 1.54) is 32.1 Å². The van der Waals surface area contributed by atoms with E-state index in [4.69, 9.17) is 4.74 Å². The Balaban J connectivity index is 2.49. The van der Waals surface area contributed by atoms with Gasteiger partial charge in [-0.25, -0.2) is 0 Å². The fraction of sp³-hybridized carbons (Fsp3) is 1.00. The van der Waals surface area contributed by atoms with Crippen LogP contribution in [-0.2, 0) is 4.74 Å². The highest BCUT2D eigenvalue weighted by molar-refractivity contribution is 6.71. The molecule has 0 aromatic heterocycles. The summed E-state index contributed by atoms with van der Waals surface area (Å²) in [5.41, 5.74) is 0.260. The van der Waals surface area contributed by atoms with E-state index in [-0.39, 0.29) is 24.4 Å². The second kappa shape index (κ2) is 8.52. The summed E-state index contributed by atoms with van der Waals surface area (Å²) in [5.74, 6) is 0.421. The van der Waals surface area contributed by atoms with Crippen LogP contribution in [0.25, 0.3) is 0 Å². The maximum absolute atomic E-state index is 10.5. The van der Waals surface area contributed by atoms with Crippen molar-refractivity contribution in [3.63, 3.8) is 0 Å². The van der Waals surface area contributed by atoms with Gasteiger partial charge in [-0.1, -0.05) is 46.0 Å². The van der Waals surface area contributed by atoms with Gasteiger partial charge < -0.3 is 14.6 Å². The zero-order valence-electron chi connectivity index (χ0n) is 13.8. The van der Waals surface area contributed by atoms with Crippen LogP contribution in [0.4, 0.5) is 0 Å². The zero-order chi connectivity index (χ0) is 15.2. The molecule has 0 aromatic rings. The molecule has 4 heteroatoms. The quantitative estimate of drug-likeness (QED) is 0.504. The lowest BCUT2D eigenvalue weighted by molar-refractivity contribution is 0.0177. The highest BCUT2D eigenvalue weighted by atomic mass is 28.4. The maximum Gasteiger partial charge on any atom is 0.188 e. The van der Waals surface area contributed by atoms with Crippen molar-refractivity contribution in [2.45, 2.75) is 89.6 Å². The van der Waals surface area contributed by atoms with Gasteiger partial charge in [0.1, 0.15) is 0 Å². The van der Waals surface area contributed by atoms with E-state index < -0.39 is 8.32 Å². The molecule has 0 unspecified atom stereocenters. The van der Waals surface area contributed by atoms with Crippen LogP contribution in [0.3, 0.4) is 0 Å². The Kier molecular flexibility index (Phi) is 7.73. The molecule has 0 amide bonds. The van der Waals surface area contributed by atoms with Crippen LogP contribution < -0.4 is 0 Å². The second-order valence-corrected chi connectivity index (χ2v) is 10.9. The Morgan fingerprint density at radius 1 is 1.00 bits per heavy atom. The molecule has 0 aromatic carbocycles. The van der Waals surface area contributed by atoms with Gasteiger partial charge in [0.15, 0.2) is 8.32 Å². The molecule has 120 valence electrons. The number of aliphatic hydroxyl groups excluding tert-OH is 1. The third kappa shape index (κ3) is 5.13. The summed E-state index contributed by atoms with van der Waals surface area (Å²) in [6.45, 7) is 8.63. The highest BCUT2D eigenvalue weighted by Crippen LogP contribution is 2.45. The normalized spacial score (nSPS) is 30.9. The summed E-state index contributed by atoms with van der Waals surface area (Å²) < 4.78 is 6.17. The zero-order valence-corrected chi connectivity index (χ0v) is 14.8. The van der Waals surface area contributed by atoms with Crippen LogP contribution in [0, 0.1) is 5.92 Å². The van der Waals surface area contributed by atoms with E-state index in [0.29, 0.717) is 12.3 Å². The van der Waals surface area contributed by atoms with E-state index in [9.17, 15) is 9.90 Å². The lowest BCUT2D eigenvalue weighted by atomic mass is 9.95. The largest absolute Gasteiger partial charge is 0.432 e. The average Bonchev–Trinajstić information content (AvgIpc) is 2.66. The van der Waals surface area contributed by atoms with Crippen LogP contribution in [-0.4, -0.2) is 37.0 Å². The first-order valence-corrected chi connectivity index (χ1v) is 11.4. The molecule has 1 aliphatic rings. The lowest BCUT2D eigenvalue weighted by Crippen LogP contribution is -2.40. The minimum Gasteiger partial charge on any atom is -0.432 e. The topological polar surface area (TPSA) is 49.7 Å². The number of unbranched alkanes of at least 4 members (excludes halogenated alkanes) is 4. The number of aliphatic hydroxyl groups is 1. The summed E-state index contributed by atoms with van der Waals surface area (Å²) in [4.78, 5) is 10.5. The standard InChI is InChI=1S/C16H34O3Si/c1-5-6-7-8-9-10-14-13(2)16(20(3,4)18)15(19-14)11-12-17/h13-18H,5-12H2,1-4H3/t13-,14+,15-,16+/m1/s1. The molecule has 0 radical (unpaired) electrons. The van der Waals surface area contributed by atoms with Crippen molar-refractivity contribution < 1.29 is 14.6 Å². The molecule has 4 atom stereocenters. The van der Waals surface area contributed by atoms with Gasteiger partial charge in [-0.15, -0.1) is 0 Å². The molecule has 1 aliphatic heterocycles. The highest BCUT2D eigenvalue weighted by Gasteiger charge is 2.49. The third-order valence-corrected chi connectivity index (χ3v) is 7.25. The van der Waals surface area contributed by atoms with Crippen LogP contribution in [0.1, 0.15) is 58.8 Å². The van der Waals surface area contributed by atoms with Crippen LogP contribution >= 0.6 is 0 Å². The predicted octanol–water partition coefficient (Wildman–Crippen LogP) is 3.70. The van der Waals surface area contributed by atoms with Crippen LogP contribution in [0.15, 0.2) is 0 Å². The van der Waals surface area contributed by atoms with Crippen molar-refractivity contribution in [2.75, 3.05) is 6.61 Å². The Morgan fingerprint density at radius 2 is 1.65 bits per heavy atom. The van der Waals surface area contributed by atoms with Crippen molar-refractivity contribution in [2.24, 2.45) is 5.92 Å². The van der Waals surface area contributed by atoms with Crippen molar-refractivity contribution in [1.82, 2.24) is 0 Å². The van der Waals surface area contributed by atoms with E-state index in [1.54, 1.807) is 0 Å². The van der Waals surface area contributed by atoms with Gasteiger partial charge in [-0.05, 0) is 31.9 Å². The molecule has 1 fully saturated rings. The minimum absolute atomic E-state index is 0.0577. The smallest absolute Gasteiger partial charge is 0.188 e. The number of hydrogen-bond donors (Lipinski definition) is 2. The SMILES string of the molecule is CCCCCCC[C@@H]1O[C@H](CCO)[C@@H]([Si](C)(C)O)[C@@H]1C. The van der Waals surface area contributed by atoms with Gasteiger partial charge in [-0.3, -0.25) is 0 Å². The van der Waals surface area contributed by atoms with Gasteiger partial charge in [0.05, 0.1) is 12.2 Å². The first kappa shape index (κ1) is 18.1. The molecule has 1 rings (SSSR count). The fourth-order valence-corrected chi connectivity index (χ4v) is 6.41. The van der Waals surface area contributed by atoms with Crippen molar-refractivity contribution in [3.8, 4) is 0 Å². The number of hydrogen-bond acceptors (Lipinski definition) is 3. The molecule has 20 heavy (non-hydrogen) atoms. The second-order valence-electron chi connectivity index (χ2n) is 6.97. The Hall–Kier alpha value is 0.0969. The average molecular weight is 303 g/mol. The molecule has 3 nitrogen and oxygen atoms in total. The third-order valence-electron chi connectivity index (χ3n) is 4.72. The van der Waals surface area contributed by atoms with E-state index in [1.807, 2.05) is 13.1 Å². The maximum atomic E-state index is 10.5. The van der Waals surface area contributed by atoms with Gasteiger partial charge in [0.25, 0.3) is 0 Å². The van der Waals surface area contributed by atoms with E-state index in [2.05, 4.69) is 13.8 Å².